The maximum Gasteiger partial charge on any atom is 0.417 e. The SMILES string of the molecule is CCCNC(CC(C)CC)c1ccc2[nH]c(=O)oc2c1. The monoisotopic (exact) mass is 276 g/mol. The van der Waals surface area contributed by atoms with Gasteiger partial charge in [-0.15, -0.1) is 0 Å². The fourth-order valence-electron chi connectivity index (χ4n) is 2.40. The van der Waals surface area contributed by atoms with Crippen LogP contribution in [0.15, 0.2) is 27.4 Å². The van der Waals surface area contributed by atoms with Crippen LogP contribution in [0.25, 0.3) is 11.1 Å². The Bertz CT molecular complexity index is 600. The third-order valence-corrected chi connectivity index (χ3v) is 3.82. The van der Waals surface area contributed by atoms with Gasteiger partial charge in [-0.1, -0.05) is 33.3 Å². The third kappa shape index (κ3) is 3.51. The molecule has 0 amide bonds. The van der Waals surface area contributed by atoms with E-state index in [1.165, 1.54) is 12.0 Å². The quantitative estimate of drug-likeness (QED) is 0.812. The Morgan fingerprint density at radius 1 is 1.35 bits per heavy atom. The van der Waals surface area contributed by atoms with Crippen molar-refractivity contribution >= 4 is 11.1 Å². The average Bonchev–Trinajstić information content (AvgIpc) is 2.82. The fourth-order valence-corrected chi connectivity index (χ4v) is 2.40. The lowest BCUT2D eigenvalue weighted by atomic mass is 9.94. The van der Waals surface area contributed by atoms with Crippen LogP contribution in [0.3, 0.4) is 0 Å². The highest BCUT2D eigenvalue weighted by Gasteiger charge is 2.15. The molecular weight excluding hydrogens is 252 g/mol. The van der Waals surface area contributed by atoms with E-state index in [-0.39, 0.29) is 0 Å². The van der Waals surface area contributed by atoms with Crippen LogP contribution in [0.5, 0.6) is 0 Å². The van der Waals surface area contributed by atoms with E-state index in [1.54, 1.807) is 0 Å². The normalized spacial score (nSPS) is 14.6. The van der Waals surface area contributed by atoms with E-state index in [2.05, 4.69) is 37.1 Å². The summed E-state index contributed by atoms with van der Waals surface area (Å²) in [6.45, 7) is 7.66. The molecule has 0 bridgehead atoms. The van der Waals surface area contributed by atoms with Gasteiger partial charge in [-0.3, -0.25) is 4.98 Å². The molecule has 4 heteroatoms. The van der Waals surface area contributed by atoms with Crippen molar-refractivity contribution in [1.82, 2.24) is 10.3 Å². The first-order chi connectivity index (χ1) is 9.63. The van der Waals surface area contributed by atoms with Crippen molar-refractivity contribution in [3.05, 3.63) is 34.3 Å². The number of nitrogens with one attached hydrogen (secondary N) is 2. The molecule has 1 aromatic heterocycles. The zero-order valence-electron chi connectivity index (χ0n) is 12.5. The van der Waals surface area contributed by atoms with Crippen molar-refractivity contribution in [2.24, 2.45) is 5.92 Å². The van der Waals surface area contributed by atoms with E-state index in [1.807, 2.05) is 12.1 Å². The lowest BCUT2D eigenvalue weighted by Gasteiger charge is -2.22. The highest BCUT2D eigenvalue weighted by molar-refractivity contribution is 5.72. The van der Waals surface area contributed by atoms with E-state index in [0.717, 1.165) is 24.9 Å². The standard InChI is InChI=1S/C16H24N2O2/c1-4-8-17-14(9-11(3)5-2)12-6-7-13-15(10-12)20-16(19)18-13/h6-7,10-11,14,17H,4-5,8-9H2,1-3H3,(H,18,19). The summed E-state index contributed by atoms with van der Waals surface area (Å²) in [5.74, 6) is 0.274. The predicted molar refractivity (Wildman–Crippen MR) is 81.9 cm³/mol. The van der Waals surface area contributed by atoms with Gasteiger partial charge in [0.25, 0.3) is 0 Å². The molecule has 4 nitrogen and oxygen atoms in total. The van der Waals surface area contributed by atoms with Gasteiger partial charge in [0.15, 0.2) is 5.58 Å². The zero-order chi connectivity index (χ0) is 14.5. The molecule has 110 valence electrons. The van der Waals surface area contributed by atoms with Crippen LogP contribution in [0.1, 0.15) is 51.6 Å². The Hall–Kier alpha value is -1.55. The highest BCUT2D eigenvalue weighted by Crippen LogP contribution is 2.25. The molecule has 0 aliphatic carbocycles. The fraction of sp³-hybridized carbons (Fsp3) is 0.562. The number of fused-ring (bicyclic) bond motifs is 1. The summed E-state index contributed by atoms with van der Waals surface area (Å²) in [5, 5.41) is 3.59. The molecule has 2 rings (SSSR count). The lowest BCUT2D eigenvalue weighted by Crippen LogP contribution is -2.23. The molecule has 0 saturated heterocycles. The summed E-state index contributed by atoms with van der Waals surface area (Å²) in [4.78, 5) is 13.9. The van der Waals surface area contributed by atoms with Crippen LogP contribution in [0.2, 0.25) is 0 Å². The van der Waals surface area contributed by atoms with Crippen LogP contribution >= 0.6 is 0 Å². The van der Waals surface area contributed by atoms with Crippen molar-refractivity contribution in [3.8, 4) is 0 Å². The number of H-pyrrole nitrogens is 1. The molecule has 0 spiro atoms. The topological polar surface area (TPSA) is 58.0 Å². The molecule has 0 fully saturated rings. The van der Waals surface area contributed by atoms with Crippen molar-refractivity contribution in [2.75, 3.05) is 6.54 Å². The molecule has 0 saturated carbocycles. The van der Waals surface area contributed by atoms with Gasteiger partial charge >= 0.3 is 5.76 Å². The second-order valence-corrected chi connectivity index (χ2v) is 5.53. The number of oxazole rings is 1. The van der Waals surface area contributed by atoms with E-state index in [4.69, 9.17) is 4.42 Å². The summed E-state index contributed by atoms with van der Waals surface area (Å²) in [7, 11) is 0. The molecule has 2 N–H and O–H groups in total. The lowest BCUT2D eigenvalue weighted by molar-refractivity contribution is 0.402. The van der Waals surface area contributed by atoms with Crippen molar-refractivity contribution in [1.29, 1.82) is 0 Å². The molecule has 2 unspecified atom stereocenters. The van der Waals surface area contributed by atoms with Gasteiger partial charge in [0, 0.05) is 6.04 Å². The van der Waals surface area contributed by atoms with E-state index >= 15 is 0 Å². The van der Waals surface area contributed by atoms with Crippen molar-refractivity contribution in [2.45, 2.75) is 46.1 Å². The smallest absolute Gasteiger partial charge is 0.408 e. The van der Waals surface area contributed by atoms with Crippen molar-refractivity contribution < 1.29 is 4.42 Å². The zero-order valence-corrected chi connectivity index (χ0v) is 12.5. The second-order valence-electron chi connectivity index (χ2n) is 5.53. The van der Waals surface area contributed by atoms with E-state index in [0.29, 0.717) is 17.5 Å². The minimum atomic E-state index is -0.392. The number of aromatic amines is 1. The molecule has 0 radical (unpaired) electrons. The predicted octanol–water partition coefficient (Wildman–Crippen LogP) is 3.60. The average molecular weight is 276 g/mol. The van der Waals surface area contributed by atoms with Gasteiger partial charge < -0.3 is 9.73 Å². The molecule has 1 aromatic carbocycles. The Morgan fingerprint density at radius 3 is 2.85 bits per heavy atom. The molecular formula is C16H24N2O2. The Labute approximate surface area is 119 Å². The number of aromatic nitrogens is 1. The summed E-state index contributed by atoms with van der Waals surface area (Å²) in [6.07, 6.45) is 3.38. The van der Waals surface area contributed by atoms with E-state index in [9.17, 15) is 4.79 Å². The first-order valence-electron chi connectivity index (χ1n) is 7.50. The van der Waals surface area contributed by atoms with Gasteiger partial charge in [0.2, 0.25) is 0 Å². The molecule has 2 aromatic rings. The first-order valence-corrected chi connectivity index (χ1v) is 7.50. The number of rotatable bonds is 7. The maximum absolute atomic E-state index is 11.2. The summed E-state index contributed by atoms with van der Waals surface area (Å²) >= 11 is 0. The minimum Gasteiger partial charge on any atom is -0.408 e. The Morgan fingerprint density at radius 2 is 2.15 bits per heavy atom. The first kappa shape index (κ1) is 14.9. The van der Waals surface area contributed by atoms with Gasteiger partial charge in [-0.05, 0) is 43.0 Å². The van der Waals surface area contributed by atoms with Gasteiger partial charge in [-0.2, -0.15) is 0 Å². The summed E-state index contributed by atoms with van der Waals surface area (Å²) < 4.78 is 5.16. The van der Waals surface area contributed by atoms with Crippen LogP contribution < -0.4 is 11.1 Å². The van der Waals surface area contributed by atoms with Gasteiger partial charge in [0.1, 0.15) is 0 Å². The molecule has 0 aliphatic rings. The second kappa shape index (κ2) is 6.75. The van der Waals surface area contributed by atoms with Crippen molar-refractivity contribution in [3.63, 3.8) is 0 Å². The Balaban J connectivity index is 2.26. The van der Waals surface area contributed by atoms with Crippen LogP contribution in [0, 0.1) is 5.92 Å². The highest BCUT2D eigenvalue weighted by atomic mass is 16.4. The van der Waals surface area contributed by atoms with Gasteiger partial charge in [0.05, 0.1) is 5.52 Å². The van der Waals surface area contributed by atoms with Crippen LogP contribution in [-0.2, 0) is 0 Å². The molecule has 20 heavy (non-hydrogen) atoms. The maximum atomic E-state index is 11.2. The number of hydrogen-bond donors (Lipinski definition) is 2. The van der Waals surface area contributed by atoms with Crippen LogP contribution in [-0.4, -0.2) is 11.5 Å². The third-order valence-electron chi connectivity index (χ3n) is 3.82. The molecule has 0 aliphatic heterocycles. The number of hydrogen-bond acceptors (Lipinski definition) is 3. The number of benzene rings is 1. The molecule has 1 heterocycles. The Kier molecular flexibility index (Phi) is 5.01. The largest absolute Gasteiger partial charge is 0.417 e. The van der Waals surface area contributed by atoms with Gasteiger partial charge in [-0.25, -0.2) is 4.79 Å². The minimum absolute atomic E-state index is 0.314. The summed E-state index contributed by atoms with van der Waals surface area (Å²) in [6, 6.07) is 6.29. The summed E-state index contributed by atoms with van der Waals surface area (Å²) in [5.41, 5.74) is 2.59. The van der Waals surface area contributed by atoms with E-state index < -0.39 is 5.76 Å². The molecule has 2 atom stereocenters. The van der Waals surface area contributed by atoms with Crippen LogP contribution in [0.4, 0.5) is 0 Å².